The number of aromatic nitrogens is 1. The molecule has 0 saturated carbocycles. The van der Waals surface area contributed by atoms with Gasteiger partial charge in [-0.05, 0) is 30.3 Å². The summed E-state index contributed by atoms with van der Waals surface area (Å²) in [6.07, 6.45) is 0. The van der Waals surface area contributed by atoms with Crippen LogP contribution in [0.1, 0.15) is 0 Å². The molecule has 6 nitrogen and oxygen atoms in total. The number of benzene rings is 2. The van der Waals surface area contributed by atoms with Gasteiger partial charge in [-0.1, -0.05) is 6.07 Å². The smallest absolute Gasteiger partial charge is 0.256 e. The molecule has 0 saturated heterocycles. The summed E-state index contributed by atoms with van der Waals surface area (Å²) in [5.41, 5.74) is 0.916. The van der Waals surface area contributed by atoms with Crippen LogP contribution in [0.3, 0.4) is 0 Å². The Bertz CT molecular complexity index is 975. The Morgan fingerprint density at radius 3 is 2.07 bits per heavy atom. The second-order valence-electron chi connectivity index (χ2n) is 5.60. The fraction of sp³-hybridized carbons (Fsp3) is 0.150. The fourth-order valence-corrected chi connectivity index (χ4v) is 2.73. The second kappa shape index (κ2) is 7.82. The quantitative estimate of drug-likeness (QED) is 0.716. The van der Waals surface area contributed by atoms with Gasteiger partial charge < -0.3 is 19.5 Å². The molecule has 0 unspecified atom stereocenters. The normalized spacial score (nSPS) is 10.4. The van der Waals surface area contributed by atoms with Gasteiger partial charge in [-0.25, -0.2) is 4.39 Å². The Kier molecular flexibility index (Phi) is 5.30. The largest absolute Gasteiger partial charge is 0.493 e. The predicted molar refractivity (Wildman–Crippen MR) is 101 cm³/mol. The van der Waals surface area contributed by atoms with Gasteiger partial charge in [0.2, 0.25) is 5.75 Å². The first-order valence-electron chi connectivity index (χ1n) is 8.12. The minimum Gasteiger partial charge on any atom is -0.493 e. The minimum absolute atomic E-state index is 0.253. The molecule has 0 aliphatic carbocycles. The van der Waals surface area contributed by atoms with Gasteiger partial charge in [0.25, 0.3) is 5.56 Å². The van der Waals surface area contributed by atoms with E-state index in [-0.39, 0.29) is 11.4 Å². The Hall–Kier alpha value is -3.48. The monoisotopic (exact) mass is 370 g/mol. The summed E-state index contributed by atoms with van der Waals surface area (Å²) >= 11 is 0. The van der Waals surface area contributed by atoms with Crippen molar-refractivity contribution in [1.29, 1.82) is 0 Å². The van der Waals surface area contributed by atoms with Crippen molar-refractivity contribution >= 4 is 11.5 Å². The van der Waals surface area contributed by atoms with Gasteiger partial charge in [-0.3, -0.25) is 9.36 Å². The van der Waals surface area contributed by atoms with Crippen LogP contribution in [0.2, 0.25) is 0 Å². The Balaban J connectivity index is 2.14. The maximum absolute atomic E-state index is 13.1. The van der Waals surface area contributed by atoms with Crippen molar-refractivity contribution in [3.63, 3.8) is 0 Å². The highest BCUT2D eigenvalue weighted by Gasteiger charge is 2.16. The maximum atomic E-state index is 13.1. The molecule has 2 aromatic carbocycles. The van der Waals surface area contributed by atoms with Crippen LogP contribution < -0.4 is 25.1 Å². The lowest BCUT2D eigenvalue weighted by Gasteiger charge is -2.18. The first kappa shape index (κ1) is 18.3. The highest BCUT2D eigenvalue weighted by molar-refractivity contribution is 5.63. The molecule has 0 radical (unpaired) electrons. The number of anilines is 2. The van der Waals surface area contributed by atoms with Crippen molar-refractivity contribution < 1.29 is 18.6 Å². The van der Waals surface area contributed by atoms with Gasteiger partial charge >= 0.3 is 0 Å². The van der Waals surface area contributed by atoms with Crippen LogP contribution in [0.5, 0.6) is 17.2 Å². The van der Waals surface area contributed by atoms with Crippen molar-refractivity contribution in [1.82, 2.24) is 4.57 Å². The number of ether oxygens (including phenoxy) is 3. The van der Waals surface area contributed by atoms with Crippen LogP contribution in [-0.2, 0) is 0 Å². The van der Waals surface area contributed by atoms with E-state index in [1.807, 2.05) is 0 Å². The molecular weight excluding hydrogens is 351 g/mol. The number of methoxy groups -OCH3 is 3. The minimum atomic E-state index is -0.337. The van der Waals surface area contributed by atoms with E-state index in [2.05, 4.69) is 5.32 Å². The third-order valence-electron chi connectivity index (χ3n) is 3.98. The molecule has 3 rings (SSSR count). The molecule has 0 fully saturated rings. The van der Waals surface area contributed by atoms with Crippen molar-refractivity contribution in [2.45, 2.75) is 0 Å². The Morgan fingerprint density at radius 1 is 0.889 bits per heavy atom. The molecule has 1 aromatic heterocycles. The highest BCUT2D eigenvalue weighted by atomic mass is 19.1. The number of hydrogen-bond acceptors (Lipinski definition) is 5. The van der Waals surface area contributed by atoms with Gasteiger partial charge in [-0.15, -0.1) is 0 Å². The lowest BCUT2D eigenvalue weighted by atomic mass is 10.2. The van der Waals surface area contributed by atoms with Crippen molar-refractivity contribution in [2.75, 3.05) is 26.6 Å². The average molecular weight is 370 g/mol. The number of nitrogens with one attached hydrogen (secondary N) is 1. The van der Waals surface area contributed by atoms with Crippen molar-refractivity contribution in [2.24, 2.45) is 0 Å². The van der Waals surface area contributed by atoms with Crippen LogP contribution in [0, 0.1) is 5.82 Å². The standard InChI is InChI=1S/C20H19FN2O4/c1-25-16-11-15(12-17(26-2)20(16)27-3)23-18(5-4-6-19(23)24)22-14-9-7-13(21)8-10-14/h4-12,22H,1-3H3. The molecule has 140 valence electrons. The van der Waals surface area contributed by atoms with Crippen molar-refractivity contribution in [3.8, 4) is 22.9 Å². The zero-order valence-electron chi connectivity index (χ0n) is 15.2. The average Bonchev–Trinajstić information content (AvgIpc) is 2.68. The van der Waals surface area contributed by atoms with Crippen LogP contribution in [0.25, 0.3) is 5.69 Å². The number of hydrogen-bond donors (Lipinski definition) is 1. The highest BCUT2D eigenvalue weighted by Crippen LogP contribution is 2.39. The number of nitrogens with zero attached hydrogens (tertiary/aromatic N) is 1. The SMILES string of the molecule is COc1cc(-n2c(Nc3ccc(F)cc3)cccc2=O)cc(OC)c1OC. The van der Waals surface area contributed by atoms with Crippen LogP contribution >= 0.6 is 0 Å². The summed E-state index contributed by atoms with van der Waals surface area (Å²) < 4.78 is 30.7. The number of halogens is 1. The van der Waals surface area contributed by atoms with E-state index in [4.69, 9.17) is 14.2 Å². The molecule has 0 amide bonds. The van der Waals surface area contributed by atoms with Crippen LogP contribution in [0.4, 0.5) is 15.9 Å². The van der Waals surface area contributed by atoms with Gasteiger partial charge in [0.1, 0.15) is 11.6 Å². The van der Waals surface area contributed by atoms with Gasteiger partial charge in [0.05, 0.1) is 27.0 Å². The molecule has 0 aliphatic rings. The third-order valence-corrected chi connectivity index (χ3v) is 3.98. The molecule has 0 aliphatic heterocycles. The summed E-state index contributed by atoms with van der Waals surface area (Å²) in [5.74, 6) is 1.45. The maximum Gasteiger partial charge on any atom is 0.256 e. The van der Waals surface area contributed by atoms with Crippen molar-refractivity contribution in [3.05, 3.63) is 70.8 Å². The summed E-state index contributed by atoms with van der Waals surface area (Å²) in [6.45, 7) is 0. The Morgan fingerprint density at radius 2 is 1.52 bits per heavy atom. The Labute approximate surface area is 155 Å². The molecule has 27 heavy (non-hydrogen) atoms. The predicted octanol–water partition coefficient (Wildman–Crippen LogP) is 3.75. The van der Waals surface area contributed by atoms with E-state index in [1.54, 1.807) is 36.4 Å². The zero-order valence-corrected chi connectivity index (χ0v) is 15.2. The topological polar surface area (TPSA) is 61.7 Å². The van der Waals surface area contributed by atoms with Crippen LogP contribution in [0.15, 0.2) is 59.4 Å². The van der Waals surface area contributed by atoms with Gasteiger partial charge in [0, 0.05) is 23.9 Å². The van der Waals surface area contributed by atoms with Gasteiger partial charge in [-0.2, -0.15) is 0 Å². The third kappa shape index (κ3) is 3.72. The van der Waals surface area contributed by atoms with Crippen LogP contribution in [-0.4, -0.2) is 25.9 Å². The first-order valence-corrected chi connectivity index (χ1v) is 8.12. The van der Waals surface area contributed by atoms with E-state index >= 15 is 0 Å². The van der Waals surface area contributed by atoms with E-state index in [0.717, 1.165) is 0 Å². The van der Waals surface area contributed by atoms with E-state index in [1.165, 1.54) is 44.1 Å². The molecule has 1 N–H and O–H groups in total. The summed E-state index contributed by atoms with van der Waals surface area (Å²) in [7, 11) is 4.52. The zero-order chi connectivity index (χ0) is 19.4. The molecule has 0 atom stereocenters. The first-order chi connectivity index (χ1) is 13.1. The number of pyridine rings is 1. The molecule has 3 aromatic rings. The summed E-state index contributed by atoms with van der Waals surface area (Å²) in [6, 6.07) is 14.0. The lowest BCUT2D eigenvalue weighted by Crippen LogP contribution is -2.19. The van der Waals surface area contributed by atoms with Gasteiger partial charge in [0.15, 0.2) is 11.5 Å². The summed E-state index contributed by atoms with van der Waals surface area (Å²) in [5, 5.41) is 3.13. The van der Waals surface area contributed by atoms with E-state index < -0.39 is 0 Å². The second-order valence-corrected chi connectivity index (χ2v) is 5.60. The lowest BCUT2D eigenvalue weighted by molar-refractivity contribution is 0.324. The molecule has 1 heterocycles. The molecule has 0 bridgehead atoms. The molecule has 7 heteroatoms. The summed E-state index contributed by atoms with van der Waals surface area (Å²) in [4.78, 5) is 12.6. The number of rotatable bonds is 6. The van der Waals surface area contributed by atoms with E-state index in [9.17, 15) is 9.18 Å². The molecule has 0 spiro atoms. The fourth-order valence-electron chi connectivity index (χ4n) is 2.73. The molecular formula is C20H19FN2O4. The van der Waals surface area contributed by atoms with E-state index in [0.29, 0.717) is 34.4 Å².